The molecule has 6 atom stereocenters. The second-order valence-electron chi connectivity index (χ2n) is 13.8. The topological polar surface area (TPSA) is 31.8 Å². The van der Waals surface area contributed by atoms with E-state index in [4.69, 9.17) is 4.74 Å². The van der Waals surface area contributed by atoms with Gasteiger partial charge in [-0.3, -0.25) is 14.8 Å². The molecule has 8 rings (SSSR count). The number of hydrogen-bond acceptors (Lipinski definition) is 5. The maximum Gasteiger partial charge on any atom is 0.0975 e. The molecule has 1 aromatic rings. The van der Waals surface area contributed by atoms with Crippen molar-refractivity contribution in [3.05, 3.63) is 52.9 Å². The van der Waals surface area contributed by atoms with Crippen LogP contribution in [0.25, 0.3) is 0 Å². The van der Waals surface area contributed by atoms with Crippen molar-refractivity contribution in [2.45, 2.75) is 94.5 Å². The van der Waals surface area contributed by atoms with Crippen LogP contribution in [0, 0.1) is 11.3 Å². The molecule has 7 aliphatic rings. The maximum atomic E-state index is 7.59. The van der Waals surface area contributed by atoms with Crippen molar-refractivity contribution in [2.24, 2.45) is 11.3 Å². The van der Waals surface area contributed by atoms with Gasteiger partial charge in [0, 0.05) is 63.7 Å². The Labute approximate surface area is 222 Å². The van der Waals surface area contributed by atoms with E-state index in [0.29, 0.717) is 23.4 Å². The Morgan fingerprint density at radius 1 is 0.973 bits per heavy atom. The van der Waals surface area contributed by atoms with Gasteiger partial charge in [0.05, 0.1) is 11.2 Å². The van der Waals surface area contributed by atoms with Gasteiger partial charge in [0.2, 0.25) is 0 Å². The zero-order valence-electron chi connectivity index (χ0n) is 22.9. The largest absolute Gasteiger partial charge is 0.359 e. The number of pyridine rings is 1. The predicted octanol–water partition coefficient (Wildman–Crippen LogP) is 4.58. The molecule has 0 radical (unpaired) electrons. The highest BCUT2D eigenvalue weighted by Crippen LogP contribution is 2.67. The molecule has 4 fully saturated rings. The van der Waals surface area contributed by atoms with E-state index in [0.717, 1.165) is 6.54 Å². The number of aromatic nitrogens is 1. The summed E-state index contributed by atoms with van der Waals surface area (Å²) >= 11 is 0. The Kier molecular flexibility index (Phi) is 5.20. The number of likely N-dealkylation sites (N-methyl/N-ethyl adjacent to an activating group) is 1. The fourth-order valence-electron chi connectivity index (χ4n) is 10.1. The predicted molar refractivity (Wildman–Crippen MR) is 146 cm³/mol. The Hall–Kier alpha value is -1.53. The van der Waals surface area contributed by atoms with Crippen LogP contribution >= 0.6 is 0 Å². The first-order valence-electron chi connectivity index (χ1n) is 15.2. The summed E-state index contributed by atoms with van der Waals surface area (Å²) in [5.74, 6) is 0.640. The second kappa shape index (κ2) is 8.24. The molecule has 0 aromatic carbocycles. The molecule has 2 saturated carbocycles. The minimum atomic E-state index is -0.0372. The van der Waals surface area contributed by atoms with E-state index in [1.807, 2.05) is 6.20 Å². The first kappa shape index (κ1) is 23.4. The van der Waals surface area contributed by atoms with Gasteiger partial charge in [-0.05, 0) is 105 Å². The Morgan fingerprint density at radius 3 is 2.76 bits per heavy atom. The summed E-state index contributed by atoms with van der Waals surface area (Å²) in [6.45, 7) is 9.76. The van der Waals surface area contributed by atoms with Crippen molar-refractivity contribution >= 4 is 0 Å². The average molecular weight is 501 g/mol. The quantitative estimate of drug-likeness (QED) is 0.593. The third-order valence-electron chi connectivity index (χ3n) is 12.1. The van der Waals surface area contributed by atoms with E-state index < -0.39 is 0 Å². The van der Waals surface area contributed by atoms with Gasteiger partial charge in [0.25, 0.3) is 0 Å². The molecule has 5 heterocycles. The lowest BCUT2D eigenvalue weighted by molar-refractivity contribution is -0.146. The van der Waals surface area contributed by atoms with Gasteiger partial charge in [-0.15, -0.1) is 0 Å². The molecule has 3 aliphatic carbocycles. The minimum absolute atomic E-state index is 0.00960. The van der Waals surface area contributed by atoms with Crippen LogP contribution in [0.5, 0.6) is 0 Å². The molecular formula is C32H44N4O. The number of ether oxygens (including phenoxy) is 1. The van der Waals surface area contributed by atoms with Gasteiger partial charge >= 0.3 is 0 Å². The van der Waals surface area contributed by atoms with Crippen LogP contribution in [0.1, 0.15) is 69.4 Å². The number of rotatable bonds is 2. The standard InChI is InChI=1S/C32H44N4O/c1-30-10-7-26-19-25-3-4-27(35-17-15-34(2)16-18-35)20-31(25)11-12-32(26,37-31)28(30)5-6-29(30)36-14-9-23-8-13-33-21-24(23)22-36/h7-8,13,19,21,27-29H,3-6,9-12,14-18,20,22H2,1-2H3/t27-,28+,29?,30-,31+,32+/m0/s1. The lowest BCUT2D eigenvalue weighted by Crippen LogP contribution is -2.58. The SMILES string of the molecule is CN1CCN([C@H]2CCC3=CC4=CC[C@]5(C)C(N6CCc7ccncc7C6)CC[C@H]5[C@@]45CC[C@]3(C2)O5)CC1. The van der Waals surface area contributed by atoms with Crippen LogP contribution in [-0.4, -0.2) is 82.7 Å². The fraction of sp³-hybridized carbons (Fsp3) is 0.719. The molecule has 2 saturated heterocycles. The number of hydrogen-bond donors (Lipinski definition) is 0. The maximum absolute atomic E-state index is 7.59. The summed E-state index contributed by atoms with van der Waals surface area (Å²) in [4.78, 5) is 12.6. The van der Waals surface area contributed by atoms with Crippen LogP contribution < -0.4 is 0 Å². The number of allylic oxidation sites excluding steroid dienone is 1. The van der Waals surface area contributed by atoms with Gasteiger partial charge in [0.15, 0.2) is 0 Å². The van der Waals surface area contributed by atoms with Gasteiger partial charge in [-0.25, -0.2) is 0 Å². The van der Waals surface area contributed by atoms with Crippen LogP contribution in [0.4, 0.5) is 0 Å². The molecule has 0 amide bonds. The summed E-state index contributed by atoms with van der Waals surface area (Å²) in [7, 11) is 2.27. The fourth-order valence-corrected chi connectivity index (χ4v) is 10.1. The highest BCUT2D eigenvalue weighted by atomic mass is 16.5. The van der Waals surface area contributed by atoms with Crippen LogP contribution in [0.15, 0.2) is 41.8 Å². The van der Waals surface area contributed by atoms with Gasteiger partial charge in [-0.2, -0.15) is 0 Å². The van der Waals surface area contributed by atoms with Gasteiger partial charge < -0.3 is 9.64 Å². The number of piperazine rings is 1. The van der Waals surface area contributed by atoms with Crippen molar-refractivity contribution in [3.63, 3.8) is 0 Å². The molecule has 2 bridgehead atoms. The molecule has 198 valence electrons. The third-order valence-corrected chi connectivity index (χ3v) is 12.1. The van der Waals surface area contributed by atoms with Crippen molar-refractivity contribution in [2.75, 3.05) is 39.8 Å². The monoisotopic (exact) mass is 500 g/mol. The molecule has 4 aliphatic heterocycles. The first-order chi connectivity index (χ1) is 18.0. The molecule has 1 aromatic heterocycles. The Morgan fingerprint density at radius 2 is 1.86 bits per heavy atom. The van der Waals surface area contributed by atoms with Crippen LogP contribution in [-0.2, 0) is 17.7 Å². The van der Waals surface area contributed by atoms with Crippen molar-refractivity contribution in [1.82, 2.24) is 19.7 Å². The zero-order chi connectivity index (χ0) is 24.8. The lowest BCUT2D eigenvalue weighted by atomic mass is 9.59. The smallest absolute Gasteiger partial charge is 0.0975 e. The zero-order valence-corrected chi connectivity index (χ0v) is 22.9. The van der Waals surface area contributed by atoms with E-state index in [1.54, 1.807) is 11.1 Å². The van der Waals surface area contributed by atoms with E-state index in [9.17, 15) is 0 Å². The molecule has 1 unspecified atom stereocenters. The molecule has 2 spiro atoms. The van der Waals surface area contributed by atoms with Gasteiger partial charge in [0.1, 0.15) is 0 Å². The summed E-state index contributed by atoms with van der Waals surface area (Å²) in [6.07, 6.45) is 20.6. The van der Waals surface area contributed by atoms with Gasteiger partial charge in [-0.1, -0.05) is 19.1 Å². The Bertz CT molecular complexity index is 1150. The minimum Gasteiger partial charge on any atom is -0.359 e. The van der Waals surface area contributed by atoms with Crippen molar-refractivity contribution in [1.29, 1.82) is 0 Å². The number of nitrogens with zero attached hydrogens (tertiary/aromatic N) is 4. The van der Waals surface area contributed by atoms with E-state index >= 15 is 0 Å². The molecular weight excluding hydrogens is 456 g/mol. The van der Waals surface area contributed by atoms with Crippen LogP contribution in [0.2, 0.25) is 0 Å². The normalized spacial score (nSPS) is 43.9. The summed E-state index contributed by atoms with van der Waals surface area (Å²) in [5, 5.41) is 0. The number of fused-ring (bicyclic) bond motifs is 2. The molecule has 37 heavy (non-hydrogen) atoms. The van der Waals surface area contributed by atoms with E-state index in [1.165, 1.54) is 102 Å². The molecule has 5 nitrogen and oxygen atoms in total. The molecule has 5 heteroatoms. The highest BCUT2D eigenvalue weighted by molar-refractivity contribution is 5.47. The van der Waals surface area contributed by atoms with E-state index in [-0.39, 0.29) is 11.2 Å². The highest BCUT2D eigenvalue weighted by Gasteiger charge is 2.67. The van der Waals surface area contributed by atoms with E-state index in [2.05, 4.69) is 58.1 Å². The average Bonchev–Trinajstić information content (AvgIpc) is 3.43. The lowest BCUT2D eigenvalue weighted by Gasteiger charge is -2.56. The van der Waals surface area contributed by atoms with Crippen molar-refractivity contribution in [3.8, 4) is 0 Å². The third kappa shape index (κ3) is 3.33. The summed E-state index contributed by atoms with van der Waals surface area (Å²) in [5.41, 5.74) is 6.42. The summed E-state index contributed by atoms with van der Waals surface area (Å²) in [6, 6.07) is 3.57. The summed E-state index contributed by atoms with van der Waals surface area (Å²) < 4.78 is 7.59. The van der Waals surface area contributed by atoms with Crippen molar-refractivity contribution < 1.29 is 4.74 Å². The second-order valence-corrected chi connectivity index (χ2v) is 13.8. The van der Waals surface area contributed by atoms with Crippen LogP contribution in [0.3, 0.4) is 0 Å². The molecule has 0 N–H and O–H groups in total. The first-order valence-corrected chi connectivity index (χ1v) is 15.2. The Balaban J connectivity index is 1.07.